The molecule has 0 spiro atoms. The Labute approximate surface area is 189 Å². The molecule has 6 nitrogen and oxygen atoms in total. The monoisotopic (exact) mass is 506 g/mol. The van der Waals surface area contributed by atoms with Crippen LogP contribution in [0, 0.1) is 0 Å². The number of hydrogen-bond donors (Lipinski definition) is 3. The first kappa shape index (κ1) is 22.1. The molecule has 32 heavy (non-hydrogen) atoms. The Bertz CT molecular complexity index is 1230. The van der Waals surface area contributed by atoms with Crippen molar-refractivity contribution in [3.8, 4) is 0 Å². The van der Waals surface area contributed by atoms with Crippen LogP contribution in [0.15, 0.2) is 58.3 Å². The van der Waals surface area contributed by atoms with Crippen LogP contribution in [0.1, 0.15) is 36.8 Å². The number of nitrogens with zero attached hydrogens (tertiary/aromatic N) is 1. The van der Waals surface area contributed by atoms with Crippen molar-refractivity contribution in [3.63, 3.8) is 0 Å². The van der Waals surface area contributed by atoms with Gasteiger partial charge in [-0.3, -0.25) is 14.7 Å². The molecule has 0 fully saturated rings. The number of fused-ring (bicyclic) bond motifs is 1. The maximum Gasteiger partial charge on any atom is 0.416 e. The molecule has 0 saturated carbocycles. The van der Waals surface area contributed by atoms with Gasteiger partial charge in [0, 0.05) is 29.1 Å². The molecule has 0 saturated heterocycles. The van der Waals surface area contributed by atoms with E-state index in [1.165, 1.54) is 12.1 Å². The Kier molecular flexibility index (Phi) is 5.81. The minimum atomic E-state index is -4.44. The van der Waals surface area contributed by atoms with E-state index in [1.807, 2.05) is 0 Å². The van der Waals surface area contributed by atoms with E-state index < -0.39 is 17.7 Å². The third-order valence-electron chi connectivity index (χ3n) is 5.40. The lowest BCUT2D eigenvalue weighted by Crippen LogP contribution is -2.32. The highest BCUT2D eigenvalue weighted by atomic mass is 79.9. The number of carbonyl (C=O) groups is 2. The standard InChI is InChI=1S/C22H18BrF3N4O2/c1-11-15(9-20(32)28-14-6-7-18-17(8-14)21(23)30-29-18)16(10-19(31)27-11)12-2-4-13(5-3-12)22(24,25)26/h2-8,16H,9-10H2,1H3,(H,27,31)(H,28,32)(H,29,30). The van der Waals surface area contributed by atoms with Gasteiger partial charge in [-0.1, -0.05) is 12.1 Å². The van der Waals surface area contributed by atoms with E-state index in [2.05, 4.69) is 36.8 Å². The van der Waals surface area contributed by atoms with Crippen LogP contribution in [-0.4, -0.2) is 22.0 Å². The fraction of sp³-hybridized carbons (Fsp3) is 0.227. The first-order chi connectivity index (χ1) is 15.1. The lowest BCUT2D eigenvalue weighted by molar-refractivity contribution is -0.137. The molecule has 1 atom stereocenters. The highest BCUT2D eigenvalue weighted by molar-refractivity contribution is 9.10. The molecule has 0 bridgehead atoms. The van der Waals surface area contributed by atoms with Gasteiger partial charge in [-0.05, 0) is 64.3 Å². The van der Waals surface area contributed by atoms with Crippen LogP contribution in [0.4, 0.5) is 18.9 Å². The summed E-state index contributed by atoms with van der Waals surface area (Å²) in [5, 5.41) is 13.3. The lowest BCUT2D eigenvalue weighted by Gasteiger charge is -2.28. The molecule has 1 unspecified atom stereocenters. The Morgan fingerprint density at radius 3 is 2.62 bits per heavy atom. The molecular formula is C22H18BrF3N4O2. The van der Waals surface area contributed by atoms with Crippen LogP contribution in [0.5, 0.6) is 0 Å². The highest BCUT2D eigenvalue weighted by Crippen LogP contribution is 2.37. The summed E-state index contributed by atoms with van der Waals surface area (Å²) >= 11 is 3.36. The molecule has 1 aliphatic rings. The number of benzene rings is 2. The molecule has 3 aromatic rings. The quantitative estimate of drug-likeness (QED) is 0.451. The number of allylic oxidation sites excluding steroid dienone is 1. The minimum absolute atomic E-state index is 0.0115. The second-order valence-corrected chi connectivity index (χ2v) is 8.36. The summed E-state index contributed by atoms with van der Waals surface area (Å²) in [4.78, 5) is 24.9. The van der Waals surface area contributed by atoms with Crippen molar-refractivity contribution < 1.29 is 22.8 Å². The van der Waals surface area contributed by atoms with Crippen molar-refractivity contribution in [2.45, 2.75) is 31.9 Å². The van der Waals surface area contributed by atoms with Crippen molar-refractivity contribution in [3.05, 3.63) is 69.5 Å². The second kappa shape index (κ2) is 8.42. The van der Waals surface area contributed by atoms with Crippen molar-refractivity contribution in [2.75, 3.05) is 5.32 Å². The zero-order chi connectivity index (χ0) is 23.0. The summed E-state index contributed by atoms with van der Waals surface area (Å²) in [6.45, 7) is 1.69. The average molecular weight is 507 g/mol. The Morgan fingerprint density at radius 2 is 1.94 bits per heavy atom. The van der Waals surface area contributed by atoms with E-state index >= 15 is 0 Å². The van der Waals surface area contributed by atoms with Gasteiger partial charge in [0.15, 0.2) is 0 Å². The van der Waals surface area contributed by atoms with Gasteiger partial charge in [-0.25, -0.2) is 0 Å². The zero-order valence-electron chi connectivity index (χ0n) is 16.8. The van der Waals surface area contributed by atoms with Gasteiger partial charge < -0.3 is 10.6 Å². The van der Waals surface area contributed by atoms with Crippen molar-refractivity contribution in [1.29, 1.82) is 0 Å². The third-order valence-corrected chi connectivity index (χ3v) is 6.01. The van der Waals surface area contributed by atoms with Gasteiger partial charge in [0.2, 0.25) is 11.8 Å². The van der Waals surface area contributed by atoms with E-state index in [0.29, 0.717) is 27.1 Å². The van der Waals surface area contributed by atoms with Crippen LogP contribution >= 0.6 is 15.9 Å². The second-order valence-electron chi connectivity index (χ2n) is 7.57. The topological polar surface area (TPSA) is 86.9 Å². The zero-order valence-corrected chi connectivity index (χ0v) is 18.4. The summed E-state index contributed by atoms with van der Waals surface area (Å²) in [5.41, 5.74) is 2.31. The van der Waals surface area contributed by atoms with Crippen molar-refractivity contribution in [2.24, 2.45) is 0 Å². The number of aromatic nitrogens is 2. The fourth-order valence-corrected chi connectivity index (χ4v) is 4.23. The maximum absolute atomic E-state index is 12.9. The van der Waals surface area contributed by atoms with E-state index in [1.54, 1.807) is 25.1 Å². The minimum Gasteiger partial charge on any atom is -0.330 e. The molecule has 1 aliphatic heterocycles. The number of halogens is 4. The fourth-order valence-electron chi connectivity index (χ4n) is 3.82. The van der Waals surface area contributed by atoms with Crippen LogP contribution < -0.4 is 10.6 Å². The predicted octanol–water partition coefficient (Wildman–Crippen LogP) is 5.25. The van der Waals surface area contributed by atoms with Gasteiger partial charge >= 0.3 is 6.18 Å². The Hall–Kier alpha value is -3.14. The molecule has 1 aromatic heterocycles. The summed E-state index contributed by atoms with van der Waals surface area (Å²) in [6.07, 6.45) is -4.40. The van der Waals surface area contributed by atoms with Gasteiger partial charge in [-0.2, -0.15) is 18.3 Å². The van der Waals surface area contributed by atoms with Gasteiger partial charge in [0.1, 0.15) is 4.60 Å². The third kappa shape index (κ3) is 4.55. The molecule has 0 radical (unpaired) electrons. The van der Waals surface area contributed by atoms with Crippen LogP contribution in [-0.2, 0) is 15.8 Å². The molecule has 4 rings (SSSR count). The summed E-state index contributed by atoms with van der Waals surface area (Å²) in [7, 11) is 0. The van der Waals surface area contributed by atoms with Crippen molar-refractivity contribution in [1.82, 2.24) is 15.5 Å². The SMILES string of the molecule is CC1=C(CC(=O)Nc2ccc3n[nH]c(Br)c3c2)C(c2ccc(C(F)(F)F)cc2)CC(=O)N1. The largest absolute Gasteiger partial charge is 0.416 e. The predicted molar refractivity (Wildman–Crippen MR) is 117 cm³/mol. The van der Waals surface area contributed by atoms with Gasteiger partial charge in [0.25, 0.3) is 0 Å². The number of alkyl halides is 3. The van der Waals surface area contributed by atoms with Gasteiger partial charge in [-0.15, -0.1) is 0 Å². The number of nitrogens with one attached hydrogen (secondary N) is 3. The molecule has 2 amide bonds. The molecule has 10 heteroatoms. The van der Waals surface area contributed by atoms with Crippen LogP contribution in [0.2, 0.25) is 0 Å². The number of anilines is 1. The molecular weight excluding hydrogens is 489 g/mol. The summed E-state index contributed by atoms with van der Waals surface area (Å²) < 4.78 is 39.4. The first-order valence-electron chi connectivity index (χ1n) is 9.72. The van der Waals surface area contributed by atoms with Crippen molar-refractivity contribution >= 4 is 44.3 Å². The number of hydrogen-bond acceptors (Lipinski definition) is 3. The van der Waals surface area contributed by atoms with Crippen LogP contribution in [0.3, 0.4) is 0 Å². The lowest BCUT2D eigenvalue weighted by atomic mass is 9.82. The first-order valence-corrected chi connectivity index (χ1v) is 10.5. The number of carbonyl (C=O) groups excluding carboxylic acids is 2. The number of H-pyrrole nitrogens is 1. The normalized spacial score (nSPS) is 16.9. The van der Waals surface area contributed by atoms with Crippen LogP contribution in [0.25, 0.3) is 10.9 Å². The van der Waals surface area contributed by atoms with Gasteiger partial charge in [0.05, 0.1) is 17.5 Å². The highest BCUT2D eigenvalue weighted by Gasteiger charge is 2.32. The summed E-state index contributed by atoms with van der Waals surface area (Å²) in [6, 6.07) is 9.98. The molecule has 166 valence electrons. The number of aromatic amines is 1. The number of amides is 2. The maximum atomic E-state index is 12.9. The molecule has 2 aromatic carbocycles. The molecule has 0 aliphatic carbocycles. The summed E-state index contributed by atoms with van der Waals surface area (Å²) in [5.74, 6) is -1.03. The van der Waals surface area contributed by atoms with E-state index in [4.69, 9.17) is 0 Å². The average Bonchev–Trinajstić information content (AvgIpc) is 3.09. The van der Waals surface area contributed by atoms with E-state index in [-0.39, 0.29) is 24.7 Å². The Morgan fingerprint density at radius 1 is 1.22 bits per heavy atom. The molecule has 2 heterocycles. The number of rotatable bonds is 4. The smallest absolute Gasteiger partial charge is 0.330 e. The van der Waals surface area contributed by atoms with E-state index in [0.717, 1.165) is 23.0 Å². The Balaban J connectivity index is 1.56. The molecule has 3 N–H and O–H groups in total. The van der Waals surface area contributed by atoms with E-state index in [9.17, 15) is 22.8 Å².